The summed E-state index contributed by atoms with van der Waals surface area (Å²) in [5.74, 6) is 0.315. The van der Waals surface area contributed by atoms with Crippen LogP contribution in [0.1, 0.15) is 5.56 Å². The highest BCUT2D eigenvalue weighted by atomic mass is 32.2. The van der Waals surface area contributed by atoms with E-state index in [0.717, 1.165) is 0 Å². The molecule has 16 heavy (non-hydrogen) atoms. The van der Waals surface area contributed by atoms with Crippen molar-refractivity contribution < 1.29 is 9.90 Å². The van der Waals surface area contributed by atoms with E-state index in [1.807, 2.05) is 0 Å². The van der Waals surface area contributed by atoms with Gasteiger partial charge in [-0.25, -0.2) is 0 Å². The van der Waals surface area contributed by atoms with Crippen LogP contribution in [-0.2, 0) is 4.79 Å². The zero-order valence-electron chi connectivity index (χ0n) is 8.16. The maximum atomic E-state index is 11.3. The smallest absolute Gasteiger partial charge is 0.259 e. The molecule has 6 heteroatoms. The number of phenolic OH excluding ortho intramolecular Hbond substituents is 1. The monoisotopic (exact) mass is 252 g/mol. The van der Waals surface area contributed by atoms with Crippen molar-refractivity contribution in [3.05, 3.63) is 29.8 Å². The van der Waals surface area contributed by atoms with Gasteiger partial charge in [0, 0.05) is 5.56 Å². The van der Waals surface area contributed by atoms with Crippen molar-refractivity contribution >= 4 is 40.4 Å². The lowest BCUT2D eigenvalue weighted by molar-refractivity contribution is -0.123. The molecule has 0 atom stereocenters. The van der Waals surface area contributed by atoms with E-state index < -0.39 is 0 Å². The Hall–Kier alpha value is -1.40. The van der Waals surface area contributed by atoms with Crippen molar-refractivity contribution in [3.63, 3.8) is 0 Å². The third-order valence-electron chi connectivity index (χ3n) is 1.98. The topological polar surface area (TPSA) is 52.9 Å². The molecule has 1 amide bonds. The summed E-state index contributed by atoms with van der Waals surface area (Å²) in [5.41, 5.74) is 0.551. The lowest BCUT2D eigenvalue weighted by Crippen LogP contribution is -2.22. The fourth-order valence-corrected chi connectivity index (χ4v) is 2.14. The third-order valence-corrected chi connectivity index (χ3v) is 3.32. The number of benzene rings is 1. The first kappa shape index (κ1) is 11.1. The number of carbonyl (C=O) groups is 1. The van der Waals surface area contributed by atoms with Crippen molar-refractivity contribution in [2.24, 2.45) is 5.10 Å². The zero-order valence-corrected chi connectivity index (χ0v) is 9.79. The van der Waals surface area contributed by atoms with E-state index in [1.165, 1.54) is 23.0 Å². The van der Waals surface area contributed by atoms with E-state index in [9.17, 15) is 9.90 Å². The number of hydrogen-bond acceptors (Lipinski definition) is 5. The van der Waals surface area contributed by atoms with Crippen molar-refractivity contribution in [2.75, 3.05) is 5.75 Å². The third kappa shape index (κ3) is 2.23. The highest BCUT2D eigenvalue weighted by Gasteiger charge is 2.25. The van der Waals surface area contributed by atoms with E-state index in [0.29, 0.717) is 15.6 Å². The summed E-state index contributed by atoms with van der Waals surface area (Å²) in [5, 5.41) is 14.6. The minimum Gasteiger partial charge on any atom is -0.507 e. The average molecular weight is 252 g/mol. The van der Waals surface area contributed by atoms with Gasteiger partial charge in [0.25, 0.3) is 5.91 Å². The van der Waals surface area contributed by atoms with Crippen LogP contribution in [0.15, 0.2) is 29.4 Å². The van der Waals surface area contributed by atoms with Crippen molar-refractivity contribution in [2.45, 2.75) is 0 Å². The second kappa shape index (κ2) is 4.63. The van der Waals surface area contributed by atoms with E-state index in [-0.39, 0.29) is 11.7 Å². The van der Waals surface area contributed by atoms with Crippen LogP contribution in [0.3, 0.4) is 0 Å². The first-order chi connectivity index (χ1) is 7.68. The number of aromatic hydroxyl groups is 1. The Balaban J connectivity index is 2.18. The Kier molecular flexibility index (Phi) is 3.21. The van der Waals surface area contributed by atoms with Crippen LogP contribution in [0, 0.1) is 0 Å². The van der Waals surface area contributed by atoms with E-state index in [1.54, 1.807) is 24.3 Å². The number of amides is 1. The molecule has 4 nitrogen and oxygen atoms in total. The fourth-order valence-electron chi connectivity index (χ4n) is 1.18. The number of hydrogen-bond donors (Lipinski definition) is 1. The Bertz CT molecular complexity index is 458. The molecule has 1 heterocycles. The molecular formula is C10H8N2O2S2. The Labute approximate surface area is 102 Å². The molecule has 0 spiro atoms. The summed E-state index contributed by atoms with van der Waals surface area (Å²) in [4.78, 5) is 11.3. The minimum atomic E-state index is -0.137. The highest BCUT2D eigenvalue weighted by Crippen LogP contribution is 2.20. The van der Waals surface area contributed by atoms with E-state index in [2.05, 4.69) is 5.10 Å². The zero-order chi connectivity index (χ0) is 11.5. The lowest BCUT2D eigenvalue weighted by Gasteiger charge is -2.06. The molecule has 1 aromatic carbocycles. The van der Waals surface area contributed by atoms with Crippen molar-refractivity contribution in [1.82, 2.24) is 5.01 Å². The number of hydrazone groups is 1. The van der Waals surface area contributed by atoms with Crippen molar-refractivity contribution in [3.8, 4) is 5.75 Å². The maximum absolute atomic E-state index is 11.3. The molecule has 1 saturated heterocycles. The predicted molar refractivity (Wildman–Crippen MR) is 67.6 cm³/mol. The molecule has 1 aliphatic rings. The normalized spacial score (nSPS) is 16.4. The van der Waals surface area contributed by atoms with Gasteiger partial charge < -0.3 is 5.11 Å². The largest absolute Gasteiger partial charge is 0.507 e. The number of carbonyl (C=O) groups excluding carboxylic acids is 1. The van der Waals surface area contributed by atoms with Crippen LogP contribution in [0.2, 0.25) is 0 Å². The molecule has 0 unspecified atom stereocenters. The van der Waals surface area contributed by atoms with Crippen LogP contribution in [0.5, 0.6) is 5.75 Å². The summed E-state index contributed by atoms with van der Waals surface area (Å²) in [6.45, 7) is 0. The van der Waals surface area contributed by atoms with Gasteiger partial charge in [-0.3, -0.25) is 4.79 Å². The molecule has 82 valence electrons. The quantitative estimate of drug-likeness (QED) is 0.641. The van der Waals surface area contributed by atoms with Gasteiger partial charge >= 0.3 is 0 Å². The molecule has 1 aromatic rings. The van der Waals surface area contributed by atoms with Gasteiger partial charge in [0.2, 0.25) is 0 Å². The molecule has 0 radical (unpaired) electrons. The molecule has 0 aromatic heterocycles. The second-order valence-electron chi connectivity index (χ2n) is 3.06. The number of para-hydroxylation sites is 1. The molecule has 1 N–H and O–H groups in total. The van der Waals surface area contributed by atoms with E-state index >= 15 is 0 Å². The van der Waals surface area contributed by atoms with Gasteiger partial charge in [-0.2, -0.15) is 10.1 Å². The van der Waals surface area contributed by atoms with E-state index in [4.69, 9.17) is 12.2 Å². The van der Waals surface area contributed by atoms with Gasteiger partial charge in [-0.05, 0) is 12.1 Å². The maximum Gasteiger partial charge on any atom is 0.259 e. The van der Waals surface area contributed by atoms with Crippen molar-refractivity contribution in [1.29, 1.82) is 0 Å². The summed E-state index contributed by atoms with van der Waals surface area (Å²) in [6.07, 6.45) is 1.42. The molecule has 1 aliphatic heterocycles. The second-order valence-corrected chi connectivity index (χ2v) is 4.67. The first-order valence-corrected chi connectivity index (χ1v) is 5.89. The van der Waals surface area contributed by atoms with Crippen LogP contribution < -0.4 is 0 Å². The number of thiocarbonyl (C=S) groups is 1. The number of phenols is 1. The predicted octanol–water partition coefficient (Wildman–Crippen LogP) is 1.59. The Morgan fingerprint density at radius 2 is 2.25 bits per heavy atom. The van der Waals surface area contributed by atoms with Gasteiger partial charge in [0.1, 0.15) is 5.75 Å². The SMILES string of the molecule is O=C1CSC(=S)N1N=Cc1ccccc1O. The van der Waals surface area contributed by atoms with Crippen LogP contribution in [0.4, 0.5) is 0 Å². The lowest BCUT2D eigenvalue weighted by atomic mass is 10.2. The van der Waals surface area contributed by atoms with Gasteiger partial charge in [-0.15, -0.1) is 0 Å². The first-order valence-electron chi connectivity index (χ1n) is 4.50. The molecule has 1 fully saturated rings. The van der Waals surface area contributed by atoms with Crippen LogP contribution in [0.25, 0.3) is 0 Å². The van der Waals surface area contributed by atoms with Gasteiger partial charge in [-0.1, -0.05) is 36.1 Å². The standard InChI is InChI=1S/C10H8N2O2S2/c13-8-4-2-1-3-7(8)5-11-12-9(14)6-16-10(12)15/h1-5,13H,6H2. The molecule has 0 bridgehead atoms. The summed E-state index contributed by atoms with van der Waals surface area (Å²) in [6, 6.07) is 6.75. The molecule has 2 rings (SSSR count). The summed E-state index contributed by atoms with van der Waals surface area (Å²) >= 11 is 6.24. The number of rotatable bonds is 2. The Morgan fingerprint density at radius 1 is 1.50 bits per heavy atom. The fraction of sp³-hybridized carbons (Fsp3) is 0.100. The van der Waals surface area contributed by atoms with Gasteiger partial charge in [0.15, 0.2) is 4.32 Å². The number of nitrogens with zero attached hydrogens (tertiary/aromatic N) is 2. The molecular weight excluding hydrogens is 244 g/mol. The molecule has 0 saturated carbocycles. The highest BCUT2D eigenvalue weighted by molar-refractivity contribution is 8.23. The minimum absolute atomic E-state index is 0.122. The van der Waals surface area contributed by atoms with Gasteiger partial charge in [0.05, 0.1) is 12.0 Å². The van der Waals surface area contributed by atoms with Crippen LogP contribution in [-0.4, -0.2) is 32.3 Å². The number of thioether (sulfide) groups is 1. The average Bonchev–Trinajstić information content (AvgIpc) is 2.58. The molecule has 0 aliphatic carbocycles. The summed E-state index contributed by atoms with van der Waals surface area (Å²) < 4.78 is 0.441. The summed E-state index contributed by atoms with van der Waals surface area (Å²) in [7, 11) is 0. The Morgan fingerprint density at radius 3 is 2.88 bits per heavy atom. The van der Waals surface area contributed by atoms with Crippen LogP contribution >= 0.6 is 24.0 Å².